The molecule has 17 rings (SSSR count). The molecule has 0 saturated carbocycles. The van der Waals surface area contributed by atoms with E-state index in [1.165, 1.54) is 96.5 Å². The summed E-state index contributed by atoms with van der Waals surface area (Å²) < 4.78 is 2.51. The fraction of sp³-hybridized carbons (Fsp3) is 0. The van der Waals surface area contributed by atoms with E-state index in [0.717, 1.165) is 34.1 Å². The van der Waals surface area contributed by atoms with E-state index in [1.54, 1.807) is 0 Å². The first-order valence-corrected chi connectivity index (χ1v) is 35.3. The predicted octanol–water partition coefficient (Wildman–Crippen LogP) is 13.3. The summed E-state index contributed by atoms with van der Waals surface area (Å²) in [4.78, 5) is 5.20. The molecule has 0 saturated heterocycles. The molecule has 2 aliphatic heterocycles. The van der Waals surface area contributed by atoms with Gasteiger partial charge in [0, 0.05) is 44.9 Å². The van der Waals surface area contributed by atoms with Crippen molar-refractivity contribution in [3.05, 3.63) is 364 Å². The fourth-order valence-electron chi connectivity index (χ4n) is 15.6. The van der Waals surface area contributed by atoms with Crippen LogP contribution in [0.2, 0.25) is 0 Å². The minimum Gasteiger partial charge on any atom is -0.311 e. The number of para-hydroxylation sites is 3. The summed E-state index contributed by atoms with van der Waals surface area (Å²) in [5.41, 5.74) is 16.5. The molecular formula is C84H60BN3Si2. The second kappa shape index (κ2) is 22.0. The molecule has 6 heteroatoms. The topological polar surface area (TPSA) is 11.4 Å². The van der Waals surface area contributed by atoms with Crippen LogP contribution in [-0.4, -0.2) is 27.4 Å². The van der Waals surface area contributed by atoms with Crippen molar-refractivity contribution < 1.29 is 0 Å². The van der Waals surface area contributed by atoms with Gasteiger partial charge in [-0.1, -0.05) is 303 Å². The fourth-order valence-corrected chi connectivity index (χ4v) is 25.1. The van der Waals surface area contributed by atoms with Gasteiger partial charge in [-0.15, -0.1) is 0 Å². The number of rotatable bonds is 12. The largest absolute Gasteiger partial charge is 0.311 e. The number of nitrogens with zero attached hydrogens (tertiary/aromatic N) is 3. The Balaban J connectivity index is 0.997. The lowest BCUT2D eigenvalue weighted by Gasteiger charge is -2.46. The molecule has 0 bridgehead atoms. The quantitative estimate of drug-likeness (QED) is 0.0892. The molecule has 0 radical (unpaired) electrons. The lowest BCUT2D eigenvalue weighted by molar-refractivity contribution is 1.16. The molecule has 3 heterocycles. The van der Waals surface area contributed by atoms with Gasteiger partial charge in [0.2, 0.25) is 0 Å². The minimum absolute atomic E-state index is 0.206. The van der Waals surface area contributed by atoms with Crippen molar-refractivity contribution >= 4 is 137 Å². The van der Waals surface area contributed by atoms with Crippen molar-refractivity contribution in [3.8, 4) is 16.8 Å². The van der Waals surface area contributed by atoms with Crippen molar-refractivity contribution in [3.63, 3.8) is 0 Å². The highest BCUT2D eigenvalue weighted by atomic mass is 28.3. The zero-order valence-electron chi connectivity index (χ0n) is 49.6. The van der Waals surface area contributed by atoms with Crippen LogP contribution >= 0.6 is 0 Å². The number of hydrogen-bond acceptors (Lipinski definition) is 2. The summed E-state index contributed by atoms with van der Waals surface area (Å²) in [5, 5.41) is 13.2. The van der Waals surface area contributed by atoms with Crippen molar-refractivity contribution in [1.29, 1.82) is 0 Å². The number of benzene rings is 14. The van der Waals surface area contributed by atoms with Crippen LogP contribution in [0.1, 0.15) is 0 Å². The van der Waals surface area contributed by atoms with Crippen LogP contribution in [-0.2, 0) is 0 Å². The average Bonchev–Trinajstić information content (AvgIpc) is 0.734. The molecule has 15 aromatic rings. The van der Waals surface area contributed by atoms with Gasteiger partial charge in [-0.2, -0.15) is 0 Å². The molecule has 0 unspecified atom stereocenters. The van der Waals surface area contributed by atoms with Gasteiger partial charge >= 0.3 is 0 Å². The van der Waals surface area contributed by atoms with Gasteiger partial charge in [-0.3, -0.25) is 0 Å². The summed E-state index contributed by atoms with van der Waals surface area (Å²) >= 11 is 0. The Morgan fingerprint density at radius 3 is 1.07 bits per heavy atom. The molecule has 0 amide bonds. The van der Waals surface area contributed by atoms with Crippen molar-refractivity contribution in [1.82, 2.24) is 4.57 Å². The third-order valence-corrected chi connectivity index (χ3v) is 28.8. The van der Waals surface area contributed by atoms with Crippen LogP contribution in [0.5, 0.6) is 0 Å². The Kier molecular flexibility index (Phi) is 13.0. The number of fused-ring (bicyclic) bond motifs is 7. The van der Waals surface area contributed by atoms with Crippen LogP contribution in [0.4, 0.5) is 34.1 Å². The Hall–Kier alpha value is -11.0. The third kappa shape index (κ3) is 8.26. The number of aromatic nitrogens is 1. The summed E-state index contributed by atoms with van der Waals surface area (Å²) in [6, 6.07) is 137. The van der Waals surface area contributed by atoms with E-state index in [9.17, 15) is 0 Å². The second-order valence-corrected chi connectivity index (χ2v) is 31.4. The highest BCUT2D eigenvalue weighted by molar-refractivity contribution is 7.20. The van der Waals surface area contributed by atoms with Crippen LogP contribution < -0.4 is 67.7 Å². The maximum absolute atomic E-state index is 3.05. The normalized spacial score (nSPS) is 12.6. The zero-order valence-corrected chi connectivity index (χ0v) is 51.6. The average molecular weight is 1180 g/mol. The van der Waals surface area contributed by atoms with E-state index in [1.807, 2.05) is 0 Å². The number of anilines is 6. The maximum Gasteiger partial charge on any atom is 0.252 e. The zero-order chi connectivity index (χ0) is 59.6. The Bertz CT molecular complexity index is 4860. The Morgan fingerprint density at radius 1 is 0.233 bits per heavy atom. The molecule has 422 valence electrons. The van der Waals surface area contributed by atoms with Gasteiger partial charge < -0.3 is 14.4 Å². The van der Waals surface area contributed by atoms with Crippen LogP contribution in [0.3, 0.4) is 0 Å². The lowest BCUT2D eigenvalue weighted by atomic mass is 9.32. The maximum atomic E-state index is 2.65. The molecule has 0 aliphatic carbocycles. The molecule has 0 spiro atoms. The SMILES string of the molecule is c1ccc(-c2cccc3c2B2c4cc([Si](c5ccccc5)(c5ccccc5)c5ccccc5)ccc4N(c4ccccc4)c4cc(-n5c6ccccc6c6ccccc65)cc(c42)N3c2ccc([Si](c3ccccc3)(c3ccccc3)c3ccccc3)cc2)cc1. The Morgan fingerprint density at radius 2 is 0.600 bits per heavy atom. The van der Waals surface area contributed by atoms with Crippen LogP contribution in [0.15, 0.2) is 364 Å². The number of hydrogen-bond donors (Lipinski definition) is 0. The van der Waals surface area contributed by atoms with Gasteiger partial charge in [0.1, 0.15) is 0 Å². The summed E-state index contributed by atoms with van der Waals surface area (Å²) in [5.74, 6) is 0. The van der Waals surface area contributed by atoms with Gasteiger partial charge in [-0.25, -0.2) is 0 Å². The first-order valence-electron chi connectivity index (χ1n) is 31.3. The molecule has 14 aromatic carbocycles. The van der Waals surface area contributed by atoms with E-state index in [4.69, 9.17) is 0 Å². The molecule has 0 N–H and O–H groups in total. The molecule has 3 nitrogen and oxygen atoms in total. The summed E-state index contributed by atoms with van der Waals surface area (Å²) in [7, 11) is -5.94. The van der Waals surface area contributed by atoms with Crippen LogP contribution in [0.25, 0.3) is 38.6 Å². The summed E-state index contributed by atoms with van der Waals surface area (Å²) in [6.07, 6.45) is 0. The highest BCUT2D eigenvalue weighted by Gasteiger charge is 2.48. The third-order valence-electron chi connectivity index (χ3n) is 19.3. The van der Waals surface area contributed by atoms with E-state index in [-0.39, 0.29) is 6.71 Å². The van der Waals surface area contributed by atoms with E-state index in [0.29, 0.717) is 0 Å². The van der Waals surface area contributed by atoms with Crippen molar-refractivity contribution in [2.24, 2.45) is 0 Å². The smallest absolute Gasteiger partial charge is 0.252 e. The van der Waals surface area contributed by atoms with Crippen molar-refractivity contribution in [2.45, 2.75) is 0 Å². The highest BCUT2D eigenvalue weighted by Crippen LogP contribution is 2.47. The van der Waals surface area contributed by atoms with Crippen LogP contribution in [0, 0.1) is 0 Å². The molecule has 1 aromatic heterocycles. The molecule has 0 fully saturated rings. The van der Waals surface area contributed by atoms with E-state index in [2.05, 4.69) is 378 Å². The van der Waals surface area contributed by atoms with E-state index >= 15 is 0 Å². The van der Waals surface area contributed by atoms with Gasteiger partial charge in [0.25, 0.3) is 6.71 Å². The predicted molar refractivity (Wildman–Crippen MR) is 387 cm³/mol. The second-order valence-electron chi connectivity index (χ2n) is 23.8. The van der Waals surface area contributed by atoms with Gasteiger partial charge in [-0.05, 0) is 130 Å². The first kappa shape index (κ1) is 53.2. The van der Waals surface area contributed by atoms with Crippen molar-refractivity contribution in [2.75, 3.05) is 9.80 Å². The van der Waals surface area contributed by atoms with Gasteiger partial charge in [0.05, 0.1) is 16.7 Å². The molecule has 2 aliphatic rings. The minimum atomic E-state index is -3.05. The monoisotopic (exact) mass is 1180 g/mol. The molecule has 90 heavy (non-hydrogen) atoms. The Labute approximate surface area is 528 Å². The van der Waals surface area contributed by atoms with E-state index < -0.39 is 16.1 Å². The lowest BCUT2D eigenvalue weighted by Crippen LogP contribution is -2.75. The standard InChI is InChI=1S/C84H60BN3Si2/c1-9-30-61(31-10-1)73-48-29-51-80-83(73)85-76-60-72(90(68-40-19-6-20-41-68,69-42-21-7-22-43-69)70-44-23-8-24-45-70)56-57-79(76)86(62-32-11-2-12-33-62)81-58-64(88-77-49-27-25-46-74(77)75-47-26-28-50-78(75)88)59-82(84(81)85)87(80)63-52-54-71(55-53-63)89(65-34-13-3-14-35-65,66-36-15-4-16-37-66)67-38-17-5-18-39-67/h1-60H. The van der Waals surface area contributed by atoms with Gasteiger partial charge in [0.15, 0.2) is 16.1 Å². The molecule has 0 atom stereocenters. The molecular weight excluding hydrogens is 1120 g/mol. The summed E-state index contributed by atoms with van der Waals surface area (Å²) in [6.45, 7) is -0.206. The first-order chi connectivity index (χ1) is 44.7.